The van der Waals surface area contributed by atoms with Crippen molar-refractivity contribution in [2.75, 3.05) is 0 Å². The number of fused-ring (bicyclic) bond motifs is 1. The number of hydrogen-bond donors (Lipinski definition) is 1. The van der Waals surface area contributed by atoms with E-state index in [4.69, 9.17) is 5.21 Å². The zero-order chi connectivity index (χ0) is 10.7. The van der Waals surface area contributed by atoms with Crippen molar-refractivity contribution < 1.29 is 5.21 Å². The van der Waals surface area contributed by atoms with Crippen LogP contribution in [-0.2, 0) is 6.42 Å². The first kappa shape index (κ1) is 10.2. The van der Waals surface area contributed by atoms with Gasteiger partial charge >= 0.3 is 0 Å². The minimum atomic E-state index is 0.373. The monoisotopic (exact) mass is 203 g/mol. The largest absolute Gasteiger partial charge is 0.411 e. The molecule has 2 heteroatoms. The van der Waals surface area contributed by atoms with Crippen molar-refractivity contribution in [3.05, 3.63) is 35.4 Å². The predicted octanol–water partition coefficient (Wildman–Crippen LogP) is 3.35. The molecule has 2 rings (SSSR count). The minimum absolute atomic E-state index is 0.373. The molecular weight excluding hydrogens is 186 g/mol. The molecule has 1 N–H and O–H groups in total. The maximum atomic E-state index is 9.00. The third-order valence-electron chi connectivity index (χ3n) is 3.17. The SMILES string of the molecule is CCCC/C(=N\O)[C@H]1Cc2ccccc21. The number of oxime groups is 1. The lowest BCUT2D eigenvalue weighted by molar-refractivity contribution is 0.314. The summed E-state index contributed by atoms with van der Waals surface area (Å²) in [6.07, 6.45) is 4.22. The van der Waals surface area contributed by atoms with E-state index < -0.39 is 0 Å². The van der Waals surface area contributed by atoms with Crippen LogP contribution in [0.25, 0.3) is 0 Å². The van der Waals surface area contributed by atoms with Crippen LogP contribution in [0.5, 0.6) is 0 Å². The van der Waals surface area contributed by atoms with Gasteiger partial charge in [0.2, 0.25) is 0 Å². The standard InChI is InChI=1S/C13H17NO/c1-2-3-8-13(14-15)12-9-10-6-4-5-7-11(10)12/h4-7,12,15H,2-3,8-9H2,1H3/b14-13+/t12-/m0/s1. The number of benzene rings is 1. The Labute approximate surface area is 90.6 Å². The zero-order valence-electron chi connectivity index (χ0n) is 9.11. The highest BCUT2D eigenvalue weighted by molar-refractivity contribution is 5.93. The summed E-state index contributed by atoms with van der Waals surface area (Å²) in [5.74, 6) is 0.373. The first-order valence-electron chi connectivity index (χ1n) is 5.65. The van der Waals surface area contributed by atoms with E-state index in [2.05, 4.69) is 36.3 Å². The van der Waals surface area contributed by atoms with Crippen molar-refractivity contribution in [2.45, 2.75) is 38.5 Å². The summed E-state index contributed by atoms with van der Waals surface area (Å²) in [4.78, 5) is 0. The van der Waals surface area contributed by atoms with E-state index in [0.717, 1.165) is 31.4 Å². The second-order valence-corrected chi connectivity index (χ2v) is 4.15. The molecule has 1 aromatic rings. The van der Waals surface area contributed by atoms with Crippen LogP contribution in [0.1, 0.15) is 43.2 Å². The normalized spacial score (nSPS) is 19.5. The molecule has 0 saturated heterocycles. The van der Waals surface area contributed by atoms with Crippen LogP contribution in [0.15, 0.2) is 29.4 Å². The smallest absolute Gasteiger partial charge is 0.0648 e. The molecule has 2 nitrogen and oxygen atoms in total. The maximum Gasteiger partial charge on any atom is 0.0648 e. The van der Waals surface area contributed by atoms with Crippen LogP contribution in [0.4, 0.5) is 0 Å². The fraction of sp³-hybridized carbons (Fsp3) is 0.462. The molecule has 0 fully saturated rings. The van der Waals surface area contributed by atoms with Crippen LogP contribution < -0.4 is 0 Å². The molecule has 0 saturated carbocycles. The lowest BCUT2D eigenvalue weighted by atomic mass is 9.74. The van der Waals surface area contributed by atoms with Gasteiger partial charge in [0.1, 0.15) is 0 Å². The first-order chi connectivity index (χ1) is 7.36. The van der Waals surface area contributed by atoms with Gasteiger partial charge in [-0.05, 0) is 30.4 Å². The topological polar surface area (TPSA) is 32.6 Å². The molecule has 0 unspecified atom stereocenters. The Morgan fingerprint density at radius 3 is 2.93 bits per heavy atom. The van der Waals surface area contributed by atoms with Gasteiger partial charge in [-0.25, -0.2) is 0 Å². The van der Waals surface area contributed by atoms with Crippen LogP contribution in [-0.4, -0.2) is 10.9 Å². The molecule has 1 atom stereocenters. The zero-order valence-corrected chi connectivity index (χ0v) is 9.11. The van der Waals surface area contributed by atoms with Gasteiger partial charge in [0.15, 0.2) is 0 Å². The van der Waals surface area contributed by atoms with Crippen LogP contribution in [0, 0.1) is 0 Å². The van der Waals surface area contributed by atoms with E-state index in [1.54, 1.807) is 0 Å². The average Bonchev–Trinajstić information content (AvgIpc) is 2.24. The molecule has 0 aliphatic heterocycles. The van der Waals surface area contributed by atoms with E-state index in [1.807, 2.05) is 0 Å². The average molecular weight is 203 g/mol. The maximum absolute atomic E-state index is 9.00. The van der Waals surface area contributed by atoms with E-state index in [-0.39, 0.29) is 0 Å². The number of rotatable bonds is 4. The molecule has 0 amide bonds. The van der Waals surface area contributed by atoms with Crippen molar-refractivity contribution in [1.29, 1.82) is 0 Å². The van der Waals surface area contributed by atoms with Crippen LogP contribution in [0.2, 0.25) is 0 Å². The summed E-state index contributed by atoms with van der Waals surface area (Å²) in [6, 6.07) is 8.41. The summed E-state index contributed by atoms with van der Waals surface area (Å²) in [5.41, 5.74) is 3.71. The Hall–Kier alpha value is -1.31. The lowest BCUT2D eigenvalue weighted by Gasteiger charge is -2.30. The summed E-state index contributed by atoms with van der Waals surface area (Å²) in [7, 11) is 0. The van der Waals surface area contributed by atoms with Gasteiger partial charge < -0.3 is 5.21 Å². The molecule has 1 aromatic carbocycles. The highest BCUT2D eigenvalue weighted by Gasteiger charge is 2.29. The number of hydrogen-bond acceptors (Lipinski definition) is 2. The molecule has 0 radical (unpaired) electrons. The molecule has 1 aliphatic carbocycles. The Morgan fingerprint density at radius 1 is 1.47 bits per heavy atom. The minimum Gasteiger partial charge on any atom is -0.411 e. The molecule has 0 spiro atoms. The van der Waals surface area contributed by atoms with Gasteiger partial charge in [0.25, 0.3) is 0 Å². The second kappa shape index (κ2) is 4.47. The molecule has 0 bridgehead atoms. The fourth-order valence-corrected chi connectivity index (χ4v) is 2.21. The summed E-state index contributed by atoms with van der Waals surface area (Å²) in [6.45, 7) is 2.16. The summed E-state index contributed by atoms with van der Waals surface area (Å²) in [5, 5.41) is 12.5. The van der Waals surface area contributed by atoms with E-state index in [9.17, 15) is 0 Å². The van der Waals surface area contributed by atoms with E-state index in [0.29, 0.717) is 5.92 Å². The first-order valence-corrected chi connectivity index (χ1v) is 5.65. The van der Waals surface area contributed by atoms with E-state index >= 15 is 0 Å². The van der Waals surface area contributed by atoms with E-state index in [1.165, 1.54) is 11.1 Å². The Morgan fingerprint density at radius 2 is 2.27 bits per heavy atom. The van der Waals surface area contributed by atoms with Crippen molar-refractivity contribution in [1.82, 2.24) is 0 Å². The third-order valence-corrected chi connectivity index (χ3v) is 3.17. The molecule has 0 heterocycles. The Kier molecular flexibility index (Phi) is 3.05. The van der Waals surface area contributed by atoms with Crippen molar-refractivity contribution >= 4 is 5.71 Å². The summed E-state index contributed by atoms with van der Waals surface area (Å²) >= 11 is 0. The Bertz CT molecular complexity index is 371. The highest BCUT2D eigenvalue weighted by atomic mass is 16.4. The Balaban J connectivity index is 2.08. The molecular formula is C13H17NO. The molecule has 80 valence electrons. The third kappa shape index (κ3) is 1.89. The van der Waals surface area contributed by atoms with Crippen molar-refractivity contribution in [3.8, 4) is 0 Å². The molecule has 1 aliphatic rings. The van der Waals surface area contributed by atoms with Gasteiger partial charge in [-0.2, -0.15) is 0 Å². The lowest BCUT2D eigenvalue weighted by Crippen LogP contribution is -2.25. The molecule has 0 aromatic heterocycles. The highest BCUT2D eigenvalue weighted by Crippen LogP contribution is 2.36. The van der Waals surface area contributed by atoms with Gasteiger partial charge in [0.05, 0.1) is 5.71 Å². The van der Waals surface area contributed by atoms with Gasteiger partial charge in [-0.15, -0.1) is 0 Å². The van der Waals surface area contributed by atoms with Gasteiger partial charge in [-0.1, -0.05) is 42.8 Å². The predicted molar refractivity (Wildman–Crippen MR) is 61.6 cm³/mol. The summed E-state index contributed by atoms with van der Waals surface area (Å²) < 4.78 is 0. The van der Waals surface area contributed by atoms with Gasteiger partial charge in [-0.3, -0.25) is 0 Å². The second-order valence-electron chi connectivity index (χ2n) is 4.15. The van der Waals surface area contributed by atoms with Crippen LogP contribution >= 0.6 is 0 Å². The van der Waals surface area contributed by atoms with Crippen LogP contribution in [0.3, 0.4) is 0 Å². The molecule has 15 heavy (non-hydrogen) atoms. The number of nitrogens with zero attached hydrogens (tertiary/aromatic N) is 1. The number of unbranched alkanes of at least 4 members (excludes halogenated alkanes) is 1. The van der Waals surface area contributed by atoms with Crippen molar-refractivity contribution in [3.63, 3.8) is 0 Å². The van der Waals surface area contributed by atoms with Crippen molar-refractivity contribution in [2.24, 2.45) is 5.16 Å². The quantitative estimate of drug-likeness (QED) is 0.454. The van der Waals surface area contributed by atoms with Gasteiger partial charge in [0, 0.05) is 5.92 Å². The fourth-order valence-electron chi connectivity index (χ4n) is 2.21.